The normalized spacial score (nSPS) is 18.9. The van der Waals surface area contributed by atoms with Crippen LogP contribution in [0.2, 0.25) is 0 Å². The molecule has 1 fully saturated rings. The van der Waals surface area contributed by atoms with E-state index >= 15 is 0 Å². The minimum Gasteiger partial charge on any atom is -0.324 e. The van der Waals surface area contributed by atoms with Crippen LogP contribution in [0.15, 0.2) is 66.7 Å². The zero-order valence-corrected chi connectivity index (χ0v) is 14.9. The fourth-order valence-electron chi connectivity index (χ4n) is 3.63. The highest BCUT2D eigenvalue weighted by atomic mass is 19.1. The minimum absolute atomic E-state index is 0.269. The fraction of sp³-hybridized carbons (Fsp3) is 0.174. The van der Waals surface area contributed by atoms with E-state index in [1.54, 1.807) is 30.3 Å². The van der Waals surface area contributed by atoms with E-state index in [0.29, 0.717) is 17.7 Å². The van der Waals surface area contributed by atoms with Crippen LogP contribution in [0, 0.1) is 29.0 Å². The molecule has 4 rings (SSSR count). The Bertz CT molecular complexity index is 1110. The van der Waals surface area contributed by atoms with Crippen molar-refractivity contribution < 1.29 is 14.0 Å². The van der Waals surface area contributed by atoms with Gasteiger partial charge in [-0.1, -0.05) is 54.6 Å². The van der Waals surface area contributed by atoms with Crippen molar-refractivity contribution in [3.63, 3.8) is 0 Å². The number of fused-ring (bicyclic) bond motifs is 1. The van der Waals surface area contributed by atoms with Gasteiger partial charge in [-0.25, -0.2) is 4.39 Å². The molecule has 1 saturated carbocycles. The molecule has 0 radical (unpaired) electrons. The number of hydrogen-bond donors (Lipinski definition) is 1. The van der Waals surface area contributed by atoms with Crippen LogP contribution in [0.3, 0.4) is 0 Å². The lowest BCUT2D eigenvalue weighted by atomic mass is 9.97. The predicted octanol–water partition coefficient (Wildman–Crippen LogP) is 4.43. The molecule has 3 atom stereocenters. The highest BCUT2D eigenvalue weighted by Crippen LogP contribution is 2.49. The molecule has 3 unspecified atom stereocenters. The van der Waals surface area contributed by atoms with Crippen LogP contribution in [0.1, 0.15) is 17.9 Å². The number of ketones is 1. The topological polar surface area (TPSA) is 70.0 Å². The Morgan fingerprint density at radius 3 is 2.54 bits per heavy atom. The molecule has 1 aliphatic carbocycles. The van der Waals surface area contributed by atoms with Crippen LogP contribution in [0.25, 0.3) is 10.8 Å². The Labute approximate surface area is 161 Å². The molecule has 0 saturated heterocycles. The number of amides is 1. The molecule has 1 amide bonds. The van der Waals surface area contributed by atoms with Gasteiger partial charge in [0.1, 0.15) is 5.82 Å². The maximum absolute atomic E-state index is 13.9. The molecule has 0 spiro atoms. The standard InChI is InChI=1S/C23H17FN2O2/c24-20-10-4-3-9-16(20)17-12-18(17)22(27)19(13-25)23(28)26-21-11-5-7-14-6-1-2-8-15(14)21/h1-11,17-19H,12H2,(H,26,28). The number of carbonyl (C=O) groups is 2. The summed E-state index contributed by atoms with van der Waals surface area (Å²) in [6.07, 6.45) is 0.458. The second-order valence-electron chi connectivity index (χ2n) is 6.95. The molecule has 1 aliphatic rings. The highest BCUT2D eigenvalue weighted by molar-refractivity contribution is 6.13. The van der Waals surface area contributed by atoms with Crippen molar-refractivity contribution in [2.45, 2.75) is 12.3 Å². The molecule has 138 valence electrons. The van der Waals surface area contributed by atoms with E-state index < -0.39 is 23.5 Å². The first-order valence-corrected chi connectivity index (χ1v) is 9.06. The second-order valence-corrected chi connectivity index (χ2v) is 6.95. The summed E-state index contributed by atoms with van der Waals surface area (Å²) in [5.74, 6) is -3.65. The summed E-state index contributed by atoms with van der Waals surface area (Å²) in [6, 6.07) is 21.1. The van der Waals surface area contributed by atoms with Crippen molar-refractivity contribution >= 4 is 28.2 Å². The maximum Gasteiger partial charge on any atom is 0.249 e. The third kappa shape index (κ3) is 3.25. The maximum atomic E-state index is 13.9. The largest absolute Gasteiger partial charge is 0.324 e. The molecule has 0 aromatic heterocycles. The van der Waals surface area contributed by atoms with E-state index in [1.807, 2.05) is 36.4 Å². The summed E-state index contributed by atoms with van der Waals surface area (Å²) in [5, 5.41) is 13.9. The van der Waals surface area contributed by atoms with Crippen molar-refractivity contribution in [1.82, 2.24) is 0 Å². The van der Waals surface area contributed by atoms with Crippen molar-refractivity contribution in [3.05, 3.63) is 78.1 Å². The molecule has 0 heterocycles. The van der Waals surface area contributed by atoms with Gasteiger partial charge in [0.25, 0.3) is 0 Å². The zero-order valence-electron chi connectivity index (χ0n) is 14.9. The summed E-state index contributed by atoms with van der Waals surface area (Å²) in [6.45, 7) is 0. The Balaban J connectivity index is 1.51. The van der Waals surface area contributed by atoms with Gasteiger partial charge in [-0.15, -0.1) is 0 Å². The number of rotatable bonds is 5. The number of nitriles is 1. The summed E-state index contributed by atoms with van der Waals surface area (Å²) in [5.41, 5.74) is 1.02. The van der Waals surface area contributed by atoms with Crippen molar-refractivity contribution in [2.24, 2.45) is 11.8 Å². The third-order valence-corrected chi connectivity index (χ3v) is 5.18. The van der Waals surface area contributed by atoms with E-state index in [-0.39, 0.29) is 11.7 Å². The first kappa shape index (κ1) is 17.9. The number of hydrogen-bond acceptors (Lipinski definition) is 3. The molecule has 1 N–H and O–H groups in total. The minimum atomic E-state index is -1.42. The Hall–Kier alpha value is -3.52. The highest BCUT2D eigenvalue weighted by Gasteiger charge is 2.48. The van der Waals surface area contributed by atoms with Gasteiger partial charge in [-0.3, -0.25) is 9.59 Å². The monoisotopic (exact) mass is 372 g/mol. The lowest BCUT2D eigenvalue weighted by Crippen LogP contribution is -2.30. The van der Waals surface area contributed by atoms with Gasteiger partial charge >= 0.3 is 0 Å². The summed E-state index contributed by atoms with van der Waals surface area (Å²) in [4.78, 5) is 25.4. The van der Waals surface area contributed by atoms with Crippen molar-refractivity contribution in [1.29, 1.82) is 5.26 Å². The predicted molar refractivity (Wildman–Crippen MR) is 104 cm³/mol. The SMILES string of the molecule is N#CC(C(=O)Nc1cccc2ccccc12)C(=O)C1CC1c1ccccc1F. The fourth-order valence-corrected chi connectivity index (χ4v) is 3.63. The Morgan fingerprint density at radius 2 is 1.75 bits per heavy atom. The van der Waals surface area contributed by atoms with Crippen LogP contribution in [-0.2, 0) is 9.59 Å². The molecule has 0 bridgehead atoms. The molecule has 28 heavy (non-hydrogen) atoms. The van der Waals surface area contributed by atoms with Crippen molar-refractivity contribution in [3.8, 4) is 6.07 Å². The summed E-state index contributed by atoms with van der Waals surface area (Å²) < 4.78 is 13.9. The smallest absolute Gasteiger partial charge is 0.249 e. The van der Waals surface area contributed by atoms with Crippen molar-refractivity contribution in [2.75, 3.05) is 5.32 Å². The number of carbonyl (C=O) groups excluding carboxylic acids is 2. The molecule has 3 aromatic carbocycles. The first-order valence-electron chi connectivity index (χ1n) is 9.06. The molecule has 5 heteroatoms. The number of nitrogens with zero attached hydrogens (tertiary/aromatic N) is 1. The molecule has 4 nitrogen and oxygen atoms in total. The average Bonchev–Trinajstić information content (AvgIpc) is 3.50. The summed E-state index contributed by atoms with van der Waals surface area (Å²) >= 11 is 0. The lowest BCUT2D eigenvalue weighted by molar-refractivity contribution is -0.129. The van der Waals surface area contributed by atoms with Gasteiger partial charge in [-0.2, -0.15) is 5.26 Å². The number of benzene rings is 3. The average molecular weight is 372 g/mol. The van der Waals surface area contributed by atoms with E-state index in [4.69, 9.17) is 0 Å². The van der Waals surface area contributed by atoms with Gasteiger partial charge in [0.05, 0.1) is 6.07 Å². The summed E-state index contributed by atoms with van der Waals surface area (Å²) in [7, 11) is 0. The molecule has 3 aromatic rings. The van der Waals surface area contributed by atoms with Crippen LogP contribution >= 0.6 is 0 Å². The third-order valence-electron chi connectivity index (χ3n) is 5.18. The van der Waals surface area contributed by atoms with Crippen LogP contribution in [0.4, 0.5) is 10.1 Å². The number of nitrogens with one attached hydrogen (secondary N) is 1. The lowest BCUT2D eigenvalue weighted by Gasteiger charge is -2.12. The van der Waals surface area contributed by atoms with Gasteiger partial charge in [0, 0.05) is 17.0 Å². The molecule has 0 aliphatic heterocycles. The Morgan fingerprint density at radius 1 is 1.04 bits per heavy atom. The van der Waals surface area contributed by atoms with Gasteiger partial charge in [-0.05, 0) is 35.4 Å². The van der Waals surface area contributed by atoms with E-state index in [9.17, 15) is 19.2 Å². The van der Waals surface area contributed by atoms with E-state index in [1.165, 1.54) is 6.07 Å². The molecular weight excluding hydrogens is 355 g/mol. The van der Waals surface area contributed by atoms with Crippen LogP contribution < -0.4 is 5.32 Å². The number of anilines is 1. The van der Waals surface area contributed by atoms with Gasteiger partial charge < -0.3 is 5.32 Å². The zero-order chi connectivity index (χ0) is 19.7. The number of Topliss-reactive ketones (excluding diaryl/α,β-unsaturated/α-hetero) is 1. The van der Waals surface area contributed by atoms with E-state index in [0.717, 1.165) is 10.8 Å². The van der Waals surface area contributed by atoms with Gasteiger partial charge in [0.2, 0.25) is 5.91 Å². The quantitative estimate of drug-likeness (QED) is 0.674. The van der Waals surface area contributed by atoms with Crippen LogP contribution in [-0.4, -0.2) is 11.7 Å². The van der Waals surface area contributed by atoms with E-state index in [2.05, 4.69) is 5.32 Å². The van der Waals surface area contributed by atoms with Gasteiger partial charge in [0.15, 0.2) is 11.7 Å². The first-order chi connectivity index (χ1) is 13.6. The second kappa shape index (κ2) is 7.24. The van der Waals surface area contributed by atoms with Crippen LogP contribution in [0.5, 0.6) is 0 Å². The number of halogens is 1. The molecular formula is C23H17FN2O2. The Kier molecular flexibility index (Phi) is 4.62.